The molecule has 2 atom stereocenters. The Morgan fingerprint density at radius 2 is 2.09 bits per heavy atom. The van der Waals surface area contributed by atoms with Crippen molar-refractivity contribution in [1.82, 2.24) is 4.98 Å². The van der Waals surface area contributed by atoms with Crippen molar-refractivity contribution in [2.75, 3.05) is 10.0 Å². The van der Waals surface area contributed by atoms with Gasteiger partial charge < -0.3 is 9.87 Å². The van der Waals surface area contributed by atoms with Crippen molar-refractivity contribution < 1.29 is 9.35 Å². The van der Waals surface area contributed by atoms with E-state index in [9.17, 15) is 9.35 Å². The zero-order chi connectivity index (χ0) is 23.4. The molecular weight excluding hydrogens is 430 g/mol. The summed E-state index contributed by atoms with van der Waals surface area (Å²) >= 11 is -1.50. The molecule has 4 rings (SSSR count). The Bertz CT molecular complexity index is 1150. The van der Waals surface area contributed by atoms with Crippen LogP contribution in [0.4, 0.5) is 11.5 Å². The number of benzene rings is 1. The highest BCUT2D eigenvalue weighted by atomic mass is 32.2. The fraction of sp³-hybridized carbons (Fsp3) is 0.259. The van der Waals surface area contributed by atoms with Crippen LogP contribution in [0.3, 0.4) is 0 Å². The van der Waals surface area contributed by atoms with Gasteiger partial charge in [0.2, 0.25) is 0 Å². The third-order valence-corrected chi connectivity index (χ3v) is 6.72. The van der Waals surface area contributed by atoms with Crippen LogP contribution >= 0.6 is 0 Å². The molecule has 6 heteroatoms. The SMILES string of the molecule is CC1/C=C\CC(C)(C)C=C(C=C2C(=O)Nc3ccc([S+]([O-])Nc4ccccn4)cc32)/C=C/C1. The monoisotopic (exact) mass is 459 g/mol. The first-order valence-electron chi connectivity index (χ1n) is 11.1. The molecule has 0 fully saturated rings. The Morgan fingerprint density at radius 3 is 2.88 bits per heavy atom. The molecule has 2 aromatic rings. The molecule has 5 nitrogen and oxygen atoms in total. The number of allylic oxidation sites excluding steroid dienone is 7. The van der Waals surface area contributed by atoms with Gasteiger partial charge in [-0.1, -0.05) is 57.2 Å². The molecule has 1 aromatic carbocycles. The number of nitrogens with one attached hydrogen (secondary N) is 2. The molecule has 0 spiro atoms. The second-order valence-corrected chi connectivity index (χ2v) is 10.4. The maximum Gasteiger partial charge on any atom is 0.256 e. The molecule has 2 unspecified atom stereocenters. The second-order valence-electron chi connectivity index (χ2n) is 9.19. The Kier molecular flexibility index (Phi) is 6.86. The zero-order valence-electron chi connectivity index (χ0n) is 19.2. The highest BCUT2D eigenvalue weighted by Gasteiger charge is 2.27. The zero-order valence-corrected chi connectivity index (χ0v) is 20.0. The summed E-state index contributed by atoms with van der Waals surface area (Å²) in [5.74, 6) is 0.857. The number of hydrogen-bond donors (Lipinski definition) is 2. The van der Waals surface area contributed by atoms with Crippen LogP contribution in [0.25, 0.3) is 5.57 Å². The van der Waals surface area contributed by atoms with Crippen molar-refractivity contribution in [2.45, 2.75) is 38.5 Å². The molecule has 0 radical (unpaired) electrons. The number of nitrogens with zero attached hydrogens (tertiary/aromatic N) is 1. The van der Waals surface area contributed by atoms with Crippen molar-refractivity contribution in [1.29, 1.82) is 0 Å². The van der Waals surface area contributed by atoms with Crippen LogP contribution in [0.2, 0.25) is 0 Å². The van der Waals surface area contributed by atoms with Gasteiger partial charge in [0.15, 0.2) is 10.7 Å². The molecule has 1 aromatic heterocycles. The van der Waals surface area contributed by atoms with E-state index < -0.39 is 11.4 Å². The van der Waals surface area contributed by atoms with Gasteiger partial charge in [0.05, 0.1) is 0 Å². The quantitative estimate of drug-likeness (QED) is 0.332. The molecular formula is C27H29N3O2S. The number of pyridine rings is 1. The number of amides is 1. The van der Waals surface area contributed by atoms with Crippen LogP contribution in [-0.4, -0.2) is 15.4 Å². The van der Waals surface area contributed by atoms with Gasteiger partial charge in [0.25, 0.3) is 5.91 Å². The molecule has 0 saturated heterocycles. The number of rotatable bonds is 4. The fourth-order valence-electron chi connectivity index (χ4n) is 3.92. The average molecular weight is 460 g/mol. The Hall–Kier alpha value is -3.09. The Labute approximate surface area is 198 Å². The molecule has 170 valence electrons. The molecule has 2 N–H and O–H groups in total. The van der Waals surface area contributed by atoms with Gasteiger partial charge in [-0.15, -0.1) is 0 Å². The third-order valence-electron chi connectivity index (χ3n) is 5.65. The first-order valence-corrected chi connectivity index (χ1v) is 12.3. The second kappa shape index (κ2) is 9.81. The van der Waals surface area contributed by atoms with E-state index in [1.54, 1.807) is 30.5 Å². The lowest BCUT2D eigenvalue weighted by Crippen LogP contribution is -2.14. The first-order chi connectivity index (χ1) is 15.8. The van der Waals surface area contributed by atoms with Crippen LogP contribution in [0.5, 0.6) is 0 Å². The Balaban J connectivity index is 1.67. The van der Waals surface area contributed by atoms with E-state index in [2.05, 4.69) is 66.2 Å². The molecule has 2 heterocycles. The van der Waals surface area contributed by atoms with Crippen LogP contribution in [0.15, 0.2) is 89.5 Å². The van der Waals surface area contributed by atoms with E-state index in [-0.39, 0.29) is 11.3 Å². The average Bonchev–Trinajstić information content (AvgIpc) is 3.08. The van der Waals surface area contributed by atoms with Crippen LogP contribution in [0.1, 0.15) is 39.2 Å². The minimum atomic E-state index is -1.50. The van der Waals surface area contributed by atoms with Gasteiger partial charge in [-0.3, -0.25) is 4.79 Å². The molecule has 1 amide bonds. The van der Waals surface area contributed by atoms with E-state index in [0.29, 0.717) is 22.2 Å². The van der Waals surface area contributed by atoms with Crippen molar-refractivity contribution in [3.63, 3.8) is 0 Å². The minimum Gasteiger partial charge on any atom is -0.588 e. The number of carbonyl (C=O) groups is 1. The molecule has 0 bridgehead atoms. The highest BCUT2D eigenvalue weighted by Crippen LogP contribution is 2.36. The summed E-state index contributed by atoms with van der Waals surface area (Å²) in [5.41, 5.74) is 3.02. The lowest BCUT2D eigenvalue weighted by molar-refractivity contribution is -0.110. The van der Waals surface area contributed by atoms with Crippen LogP contribution < -0.4 is 10.0 Å². The third kappa shape index (κ3) is 5.83. The van der Waals surface area contributed by atoms with Gasteiger partial charge in [0, 0.05) is 29.1 Å². The van der Waals surface area contributed by atoms with E-state index >= 15 is 0 Å². The minimum absolute atomic E-state index is 0.0435. The highest BCUT2D eigenvalue weighted by molar-refractivity contribution is 7.92. The number of anilines is 2. The number of fused-ring (bicyclic) bond motifs is 1. The van der Waals surface area contributed by atoms with Gasteiger partial charge in [0.1, 0.15) is 11.4 Å². The largest absolute Gasteiger partial charge is 0.588 e. The van der Waals surface area contributed by atoms with E-state index in [1.165, 1.54) is 0 Å². The van der Waals surface area contributed by atoms with Gasteiger partial charge in [-0.2, -0.15) is 4.72 Å². The van der Waals surface area contributed by atoms with Crippen LogP contribution in [-0.2, 0) is 16.2 Å². The topological polar surface area (TPSA) is 77.1 Å². The molecule has 1 aliphatic heterocycles. The summed E-state index contributed by atoms with van der Waals surface area (Å²) < 4.78 is 15.8. The van der Waals surface area contributed by atoms with Gasteiger partial charge in [-0.05, 0) is 60.1 Å². The summed E-state index contributed by atoms with van der Waals surface area (Å²) in [4.78, 5) is 17.6. The molecule has 1 aliphatic carbocycles. The maximum atomic E-state index is 12.9. The lowest BCUT2D eigenvalue weighted by Gasteiger charge is -2.20. The first kappa shape index (κ1) is 23.1. The normalized spacial score (nSPS) is 23.8. The summed E-state index contributed by atoms with van der Waals surface area (Å²) in [6, 6.07) is 10.8. The van der Waals surface area contributed by atoms with Gasteiger partial charge >= 0.3 is 0 Å². The molecule has 0 saturated carbocycles. The molecule has 2 aliphatic rings. The predicted octanol–water partition coefficient (Wildman–Crippen LogP) is 6.05. The predicted molar refractivity (Wildman–Crippen MR) is 136 cm³/mol. The fourth-order valence-corrected chi connectivity index (χ4v) is 4.76. The Morgan fingerprint density at radius 1 is 1.24 bits per heavy atom. The van der Waals surface area contributed by atoms with Crippen molar-refractivity contribution >= 4 is 34.3 Å². The molecule has 33 heavy (non-hydrogen) atoms. The summed E-state index contributed by atoms with van der Waals surface area (Å²) in [5, 5.41) is 2.93. The summed E-state index contributed by atoms with van der Waals surface area (Å²) in [6.45, 7) is 6.60. The number of carbonyl (C=O) groups excluding carboxylic acids is 1. The maximum absolute atomic E-state index is 12.9. The van der Waals surface area contributed by atoms with Gasteiger partial charge in [-0.25, -0.2) is 4.98 Å². The van der Waals surface area contributed by atoms with Crippen molar-refractivity contribution in [3.8, 4) is 0 Å². The van der Waals surface area contributed by atoms with E-state index in [4.69, 9.17) is 0 Å². The van der Waals surface area contributed by atoms with E-state index in [0.717, 1.165) is 29.7 Å². The van der Waals surface area contributed by atoms with Crippen LogP contribution in [0, 0.1) is 11.3 Å². The van der Waals surface area contributed by atoms with Crippen molar-refractivity contribution in [3.05, 3.63) is 90.2 Å². The van der Waals surface area contributed by atoms with E-state index in [1.807, 2.05) is 18.2 Å². The van der Waals surface area contributed by atoms with Crippen molar-refractivity contribution in [2.24, 2.45) is 11.3 Å². The lowest BCUT2D eigenvalue weighted by atomic mass is 9.85. The number of hydrogen-bond acceptors (Lipinski definition) is 4. The summed E-state index contributed by atoms with van der Waals surface area (Å²) in [6.07, 6.45) is 16.5. The smallest absolute Gasteiger partial charge is 0.256 e. The number of aromatic nitrogens is 1. The summed E-state index contributed by atoms with van der Waals surface area (Å²) in [7, 11) is 0. The standard InChI is InChI=1S/C27H29N3O2S/c1-19-8-6-10-20(18-27(2,3)14-7-9-19)16-23-22-17-21(12-13-24(22)29-26(23)31)33(32)30-25-11-4-5-15-28-25/h4-7,9-13,15-19H,8,14H2,1-3H3,(H,28,30)(H,29,31)/b9-7-,10-6+,20-18?,23-16?.